The third-order valence-corrected chi connectivity index (χ3v) is 18.0. The van der Waals surface area contributed by atoms with E-state index in [9.17, 15) is 47.9 Å². The number of aromatic nitrogens is 1. The standard InChI is InChI=1S/C68H82N12O16/c1-33(2)50-65(90)79-27-17-23-44(79)63(88)77(9)31-46(81)70-42(29-39-19-13-11-14-20-39)67(92)94-37(7)52(61(86)73-50)75-59(84)41-26-25-35(5)57-54(41)72-55-48(49(69)56(83)36(6)58(55)96-57)60(85)76-53-38(8)95-68(93)43(30-40-21-15-12-16-22-40)71-47(82)32-78(10)64(89)45-24-18-28-80(45)66(91)51(34(3)4)74-62(53)87/h11-16,19-22,25-26,33-34,37-38,42-45,50-53H,17-18,23-24,27-32,69H2,1-10H3,(H,70,81)(H,71,82)(H,73,86)(H,74,87)(H,75,84)(H,76,85)/t37-,38-,42-,43-,44+,45+,50-,51-,52+,53+/m1/s1. The second-order valence-electron chi connectivity index (χ2n) is 25.8. The van der Waals surface area contributed by atoms with Crippen LogP contribution in [0, 0.1) is 25.7 Å². The molecule has 0 saturated carbocycles. The zero-order valence-corrected chi connectivity index (χ0v) is 55.3. The number of hydrogen-bond acceptors (Lipinski definition) is 18. The van der Waals surface area contributed by atoms with E-state index in [1.165, 1.54) is 61.7 Å². The molecule has 10 amide bonds. The first kappa shape index (κ1) is 70.0. The Labute approximate surface area is 553 Å². The van der Waals surface area contributed by atoms with Gasteiger partial charge in [0.15, 0.2) is 11.3 Å². The van der Waals surface area contributed by atoms with E-state index in [1.807, 2.05) is 0 Å². The maximum atomic E-state index is 15.3. The molecule has 6 aliphatic rings. The number of fused-ring (bicyclic) bond motifs is 4. The van der Waals surface area contributed by atoms with E-state index in [0.717, 1.165) is 4.90 Å². The number of nitrogens with one attached hydrogen (secondary N) is 6. The molecule has 0 unspecified atom stereocenters. The Morgan fingerprint density at radius 3 is 1.48 bits per heavy atom. The lowest BCUT2D eigenvalue weighted by Crippen LogP contribution is -2.61. The molecule has 9 rings (SSSR count). The Hall–Kier alpha value is -10.3. The first-order valence-corrected chi connectivity index (χ1v) is 32.1. The van der Waals surface area contributed by atoms with E-state index in [4.69, 9.17) is 24.6 Å². The van der Waals surface area contributed by atoms with Crippen LogP contribution < -0.4 is 43.1 Å². The van der Waals surface area contributed by atoms with Gasteiger partial charge in [0.2, 0.25) is 52.7 Å². The van der Waals surface area contributed by atoms with Crippen molar-refractivity contribution in [1.82, 2.24) is 56.5 Å². The highest BCUT2D eigenvalue weighted by Crippen LogP contribution is 2.35. The van der Waals surface area contributed by atoms with Crippen LogP contribution >= 0.6 is 0 Å². The van der Waals surface area contributed by atoms with Gasteiger partial charge in [-0.15, -0.1) is 0 Å². The summed E-state index contributed by atoms with van der Waals surface area (Å²) in [5.74, 6) is -11.8. The molecule has 28 nitrogen and oxygen atoms in total. The molecule has 510 valence electrons. The van der Waals surface area contributed by atoms with Crippen molar-refractivity contribution in [3.63, 3.8) is 0 Å². The maximum Gasteiger partial charge on any atom is 0.329 e. The van der Waals surface area contributed by atoms with Crippen LogP contribution in [-0.4, -0.2) is 196 Å². The number of amides is 10. The number of nitrogens with zero attached hydrogens (tertiary/aromatic N) is 5. The van der Waals surface area contributed by atoms with Crippen molar-refractivity contribution < 1.29 is 71.4 Å². The average molecular weight is 1320 g/mol. The zero-order valence-electron chi connectivity index (χ0n) is 55.3. The number of nitrogens with two attached hydrogens (primary N) is 1. The number of nitrogen functional groups attached to an aromatic ring is 1. The van der Waals surface area contributed by atoms with Crippen LogP contribution in [0.2, 0.25) is 0 Å². The molecule has 5 heterocycles. The predicted molar refractivity (Wildman–Crippen MR) is 347 cm³/mol. The second-order valence-corrected chi connectivity index (χ2v) is 25.8. The minimum absolute atomic E-state index is 0.0893. The Kier molecular flexibility index (Phi) is 21.6. The number of cyclic esters (lactones) is 2. The Bertz CT molecular complexity index is 3920. The summed E-state index contributed by atoms with van der Waals surface area (Å²) in [6.45, 7) is 11.5. The van der Waals surface area contributed by atoms with E-state index < -0.39 is 179 Å². The highest BCUT2D eigenvalue weighted by Gasteiger charge is 2.45. The highest BCUT2D eigenvalue weighted by molar-refractivity contribution is 6.10. The van der Waals surface area contributed by atoms with Crippen molar-refractivity contribution in [3.8, 4) is 11.5 Å². The van der Waals surface area contributed by atoms with E-state index in [0.29, 0.717) is 29.5 Å². The van der Waals surface area contributed by atoms with Crippen molar-refractivity contribution in [1.29, 1.82) is 0 Å². The number of rotatable bonds is 10. The number of likely N-dealkylation sites (N-methyl/N-ethyl adjacent to an activating group) is 2. The lowest BCUT2D eigenvalue weighted by molar-refractivity contribution is -0.156. The molecule has 1 aliphatic carbocycles. The number of esters is 2. The molecule has 4 fully saturated rings. The van der Waals surface area contributed by atoms with Gasteiger partial charge in [-0.05, 0) is 88.0 Å². The summed E-state index contributed by atoms with van der Waals surface area (Å²) in [5.41, 5.74) is 4.69. The first-order valence-electron chi connectivity index (χ1n) is 32.1. The van der Waals surface area contributed by atoms with Crippen molar-refractivity contribution in [2.45, 2.75) is 154 Å². The van der Waals surface area contributed by atoms with Gasteiger partial charge in [-0.25, -0.2) is 14.6 Å². The largest absolute Gasteiger partial charge is 0.458 e. The molecular formula is C68H82N12O16. The fourth-order valence-corrected chi connectivity index (χ4v) is 12.6. The lowest BCUT2D eigenvalue weighted by Gasteiger charge is -2.34. The van der Waals surface area contributed by atoms with Gasteiger partial charge in [0.25, 0.3) is 11.8 Å². The van der Waals surface area contributed by atoms with E-state index >= 15 is 14.4 Å². The number of hydrogen-bond donors (Lipinski definition) is 7. The van der Waals surface area contributed by atoms with Crippen LogP contribution in [0.25, 0.3) is 22.6 Å². The van der Waals surface area contributed by atoms with E-state index in [1.54, 1.807) is 95.3 Å². The molecule has 5 aliphatic heterocycles. The van der Waals surface area contributed by atoms with Crippen molar-refractivity contribution >= 4 is 87.8 Å². The monoisotopic (exact) mass is 1320 g/mol. The van der Waals surface area contributed by atoms with Crippen LogP contribution in [0.3, 0.4) is 0 Å². The van der Waals surface area contributed by atoms with Gasteiger partial charge in [-0.2, -0.15) is 0 Å². The molecule has 0 spiro atoms. The number of aryl methyl sites for hydroxylation is 1. The van der Waals surface area contributed by atoms with Crippen LogP contribution in [-0.2, 0) is 70.3 Å². The maximum absolute atomic E-state index is 15.3. The Morgan fingerprint density at radius 1 is 0.604 bits per heavy atom. The second kappa shape index (κ2) is 29.6. The van der Waals surface area contributed by atoms with Crippen molar-refractivity contribution in [2.24, 2.45) is 11.8 Å². The summed E-state index contributed by atoms with van der Waals surface area (Å²) in [5, 5.41) is 16.0. The van der Waals surface area contributed by atoms with Gasteiger partial charge in [0.05, 0.1) is 29.9 Å². The van der Waals surface area contributed by atoms with Crippen LogP contribution in [0.4, 0.5) is 5.69 Å². The molecule has 3 aromatic rings. The normalized spacial score (nSPS) is 24.9. The molecule has 96 heavy (non-hydrogen) atoms. The minimum Gasteiger partial charge on any atom is -0.458 e. The summed E-state index contributed by atoms with van der Waals surface area (Å²) in [6, 6.07) is 8.92. The number of benzene rings is 4. The van der Waals surface area contributed by atoms with Crippen LogP contribution in [0.5, 0.6) is 0 Å². The van der Waals surface area contributed by atoms with Gasteiger partial charge in [0, 0.05) is 45.6 Å². The van der Waals surface area contributed by atoms with Gasteiger partial charge >= 0.3 is 11.9 Å². The summed E-state index contributed by atoms with van der Waals surface area (Å²) in [4.78, 5) is 198. The molecule has 0 aromatic heterocycles. The molecule has 0 bridgehead atoms. The van der Waals surface area contributed by atoms with Crippen molar-refractivity contribution in [2.75, 3.05) is 46.0 Å². The van der Waals surface area contributed by atoms with Crippen LogP contribution in [0.1, 0.15) is 110 Å². The Balaban J connectivity index is 1.10. The smallest absolute Gasteiger partial charge is 0.329 e. The van der Waals surface area contributed by atoms with E-state index in [-0.39, 0.29) is 66.8 Å². The van der Waals surface area contributed by atoms with Gasteiger partial charge < -0.3 is 71.1 Å². The highest BCUT2D eigenvalue weighted by atomic mass is 16.6. The molecule has 28 heteroatoms. The SMILES string of the molecule is Cc1c2oc3c(C)ccc(C(=O)N[C@@H]4C(=O)N[C@H](C(C)C)C(=O)N5CCC[C@H]5C(=O)N(C)CC(=O)N[C@H](Cc5ccccc5)C(=O)O[C@@H]4C)c3nc-2c(C(=O)N[C@@H]2C(=O)N[C@H](C(C)C)C(=O)N3CCC[C@H]3C(=O)N(C)CC(=O)N[C@H](Cc3ccccc3)C(=O)O[C@@H]2C)c(N)c1=O. The molecule has 10 atom stereocenters. The third kappa shape index (κ3) is 15.1. The quantitative estimate of drug-likeness (QED) is 0.0587. The summed E-state index contributed by atoms with van der Waals surface area (Å²) >= 11 is 0. The lowest BCUT2D eigenvalue weighted by atomic mass is 9.98. The number of ether oxygens (including phenoxy) is 2. The molecule has 4 saturated heterocycles. The van der Waals surface area contributed by atoms with Crippen molar-refractivity contribution in [3.05, 3.63) is 116 Å². The fraction of sp³-hybridized carbons (Fsp3) is 0.471. The first-order chi connectivity index (χ1) is 45.5. The Morgan fingerprint density at radius 2 is 1.04 bits per heavy atom. The van der Waals surface area contributed by atoms with Gasteiger partial charge in [-0.1, -0.05) is 94.4 Å². The molecular weight excluding hydrogens is 1240 g/mol. The molecule has 3 aromatic carbocycles. The third-order valence-electron chi connectivity index (χ3n) is 18.0. The fourth-order valence-electron chi connectivity index (χ4n) is 12.6. The number of anilines is 1. The summed E-state index contributed by atoms with van der Waals surface area (Å²) < 4.78 is 18.4. The molecule has 0 radical (unpaired) electrons. The summed E-state index contributed by atoms with van der Waals surface area (Å²) in [7, 11) is 2.81. The average Bonchev–Trinajstić information content (AvgIpc) is 0.882. The topological polar surface area (TPSA) is 378 Å². The van der Waals surface area contributed by atoms with Gasteiger partial charge in [0.1, 0.15) is 71.8 Å². The zero-order chi connectivity index (χ0) is 69.7. The number of carbonyl (C=O) groups is 12. The van der Waals surface area contributed by atoms with Gasteiger partial charge in [-0.3, -0.25) is 52.7 Å². The number of carbonyl (C=O) groups excluding carboxylic acids is 12. The van der Waals surface area contributed by atoms with E-state index in [2.05, 4.69) is 31.9 Å². The summed E-state index contributed by atoms with van der Waals surface area (Å²) in [6.07, 6.45) is -2.00. The van der Waals surface area contributed by atoms with Crippen LogP contribution in [0.15, 0.2) is 82.0 Å². The predicted octanol–water partition coefficient (Wildman–Crippen LogP) is 1.21. The minimum atomic E-state index is -1.92. The molecule has 8 N–H and O–H groups in total.